The van der Waals surface area contributed by atoms with Gasteiger partial charge in [-0.25, -0.2) is 0 Å². The zero-order valence-electron chi connectivity index (χ0n) is 10.7. The molecule has 0 aliphatic carbocycles. The maximum Gasteiger partial charge on any atom is 0.308 e. The second kappa shape index (κ2) is 5.45. The number of benzene rings is 1. The lowest BCUT2D eigenvalue weighted by molar-refractivity contribution is -0.141. The molecule has 2 aromatic rings. The van der Waals surface area contributed by atoms with Gasteiger partial charge in [0.05, 0.1) is 11.4 Å². The molecular weight excluding hydrogens is 264 g/mol. The van der Waals surface area contributed by atoms with Crippen LogP contribution in [0.5, 0.6) is 0 Å². The summed E-state index contributed by atoms with van der Waals surface area (Å²) in [5.41, 5.74) is 1.65. The Balaban J connectivity index is 2.33. The molecule has 0 aliphatic rings. The molecule has 1 aromatic heterocycles. The number of aliphatic carboxylic acids is 1. The summed E-state index contributed by atoms with van der Waals surface area (Å²) in [4.78, 5) is 15.2. The lowest BCUT2D eigenvalue weighted by atomic mass is 10.0. The minimum absolute atomic E-state index is 0.182. The molecule has 0 bridgehead atoms. The van der Waals surface area contributed by atoms with Gasteiger partial charge in [-0.2, -0.15) is 0 Å². The summed E-state index contributed by atoms with van der Waals surface area (Å²) in [5, 5.41) is 13.8. The van der Waals surface area contributed by atoms with Crippen molar-refractivity contribution in [1.82, 2.24) is 4.98 Å². The van der Waals surface area contributed by atoms with Gasteiger partial charge in [0.2, 0.25) is 0 Å². The van der Waals surface area contributed by atoms with Crippen LogP contribution in [0, 0.1) is 5.92 Å². The Labute approximate surface area is 116 Å². The van der Waals surface area contributed by atoms with E-state index in [9.17, 15) is 4.79 Å². The van der Waals surface area contributed by atoms with Crippen LogP contribution in [0.2, 0.25) is 5.02 Å². The number of carbonyl (C=O) groups is 1. The second-order valence-electron chi connectivity index (χ2n) is 4.58. The van der Waals surface area contributed by atoms with Crippen LogP contribution < -0.4 is 5.32 Å². The van der Waals surface area contributed by atoms with Gasteiger partial charge in [-0.1, -0.05) is 11.6 Å². The largest absolute Gasteiger partial charge is 0.481 e. The molecule has 0 amide bonds. The van der Waals surface area contributed by atoms with Crippen LogP contribution in [0.1, 0.15) is 13.8 Å². The number of nitrogens with one attached hydrogen (secondary N) is 1. The van der Waals surface area contributed by atoms with Crippen LogP contribution in [-0.4, -0.2) is 22.1 Å². The Morgan fingerprint density at radius 3 is 2.79 bits per heavy atom. The molecule has 1 aromatic carbocycles. The Kier molecular flexibility index (Phi) is 3.90. The molecule has 2 N–H and O–H groups in total. The molecule has 2 rings (SSSR count). The number of pyridine rings is 1. The third-order valence-electron chi connectivity index (χ3n) is 3.23. The third-order valence-corrected chi connectivity index (χ3v) is 3.46. The van der Waals surface area contributed by atoms with Crippen molar-refractivity contribution in [3.05, 3.63) is 35.5 Å². The first-order valence-electron chi connectivity index (χ1n) is 6.02. The second-order valence-corrected chi connectivity index (χ2v) is 5.02. The topological polar surface area (TPSA) is 62.2 Å². The number of anilines is 1. The fraction of sp³-hybridized carbons (Fsp3) is 0.286. The van der Waals surface area contributed by atoms with Crippen molar-refractivity contribution in [3.63, 3.8) is 0 Å². The first-order valence-corrected chi connectivity index (χ1v) is 6.40. The Morgan fingerprint density at radius 2 is 2.11 bits per heavy atom. The van der Waals surface area contributed by atoms with Crippen molar-refractivity contribution in [3.8, 4) is 0 Å². The standard InChI is InChI=1S/C14H15ClN2O2/c1-8(14(18)19)9(2)17-12-5-6-16-13-7-10(15)3-4-11(12)13/h3-9H,1-2H3,(H,16,17)(H,18,19). The molecule has 19 heavy (non-hydrogen) atoms. The van der Waals surface area contributed by atoms with Gasteiger partial charge in [0, 0.05) is 28.3 Å². The van der Waals surface area contributed by atoms with Gasteiger partial charge in [0.15, 0.2) is 0 Å². The average Bonchev–Trinajstić information content (AvgIpc) is 2.37. The van der Waals surface area contributed by atoms with E-state index in [0.717, 1.165) is 16.6 Å². The van der Waals surface area contributed by atoms with Crippen molar-refractivity contribution in [2.24, 2.45) is 5.92 Å². The summed E-state index contributed by atoms with van der Waals surface area (Å²) in [7, 11) is 0. The summed E-state index contributed by atoms with van der Waals surface area (Å²) >= 11 is 5.93. The highest BCUT2D eigenvalue weighted by molar-refractivity contribution is 6.31. The fourth-order valence-corrected chi connectivity index (χ4v) is 2.00. The number of rotatable bonds is 4. The lowest BCUT2D eigenvalue weighted by Crippen LogP contribution is -2.29. The molecule has 0 aliphatic heterocycles. The molecule has 0 spiro atoms. The number of nitrogens with zero attached hydrogens (tertiary/aromatic N) is 1. The van der Waals surface area contributed by atoms with Crippen molar-refractivity contribution in [2.75, 3.05) is 5.32 Å². The monoisotopic (exact) mass is 278 g/mol. The molecule has 5 heteroatoms. The fourth-order valence-electron chi connectivity index (χ4n) is 1.83. The highest BCUT2D eigenvalue weighted by atomic mass is 35.5. The number of hydrogen-bond donors (Lipinski definition) is 2. The average molecular weight is 279 g/mol. The smallest absolute Gasteiger partial charge is 0.308 e. The van der Waals surface area contributed by atoms with Gasteiger partial charge >= 0.3 is 5.97 Å². The van der Waals surface area contributed by atoms with Gasteiger partial charge in [0.25, 0.3) is 0 Å². The van der Waals surface area contributed by atoms with E-state index >= 15 is 0 Å². The minimum atomic E-state index is -0.818. The summed E-state index contributed by atoms with van der Waals surface area (Å²) < 4.78 is 0. The van der Waals surface area contributed by atoms with Crippen LogP contribution >= 0.6 is 11.6 Å². The number of aromatic nitrogens is 1. The Bertz CT molecular complexity index is 615. The normalized spacial score (nSPS) is 14.1. The van der Waals surface area contributed by atoms with E-state index in [4.69, 9.17) is 16.7 Å². The quantitative estimate of drug-likeness (QED) is 0.900. The number of halogens is 1. The molecule has 2 atom stereocenters. The maximum atomic E-state index is 11.0. The predicted molar refractivity (Wildman–Crippen MR) is 76.6 cm³/mol. The highest BCUT2D eigenvalue weighted by Crippen LogP contribution is 2.25. The number of fused-ring (bicyclic) bond motifs is 1. The molecule has 0 radical (unpaired) electrons. The summed E-state index contributed by atoms with van der Waals surface area (Å²) in [6.45, 7) is 3.53. The van der Waals surface area contributed by atoms with Gasteiger partial charge in [0.1, 0.15) is 0 Å². The van der Waals surface area contributed by atoms with Crippen LogP contribution in [-0.2, 0) is 4.79 Å². The van der Waals surface area contributed by atoms with E-state index in [1.165, 1.54) is 0 Å². The van der Waals surface area contributed by atoms with Crippen LogP contribution in [0.25, 0.3) is 10.9 Å². The van der Waals surface area contributed by atoms with Crippen LogP contribution in [0.4, 0.5) is 5.69 Å². The SMILES string of the molecule is CC(Nc1ccnc2cc(Cl)ccc12)C(C)C(=O)O. The van der Waals surface area contributed by atoms with Gasteiger partial charge in [-0.3, -0.25) is 9.78 Å². The molecule has 0 saturated carbocycles. The summed E-state index contributed by atoms with van der Waals surface area (Å²) in [6.07, 6.45) is 1.68. The molecule has 100 valence electrons. The van der Waals surface area contributed by atoms with Crippen molar-refractivity contribution >= 4 is 34.2 Å². The first-order chi connectivity index (χ1) is 8.99. The Morgan fingerprint density at radius 1 is 1.37 bits per heavy atom. The molecule has 2 unspecified atom stereocenters. The number of carboxylic acids is 1. The number of carboxylic acid groups (broad SMARTS) is 1. The number of hydrogen-bond acceptors (Lipinski definition) is 3. The van der Waals surface area contributed by atoms with E-state index in [0.29, 0.717) is 5.02 Å². The van der Waals surface area contributed by atoms with Crippen molar-refractivity contribution in [1.29, 1.82) is 0 Å². The van der Waals surface area contributed by atoms with E-state index in [1.807, 2.05) is 19.1 Å². The lowest BCUT2D eigenvalue weighted by Gasteiger charge is -2.20. The third kappa shape index (κ3) is 2.96. The molecule has 0 fully saturated rings. The van der Waals surface area contributed by atoms with Crippen LogP contribution in [0.15, 0.2) is 30.5 Å². The van der Waals surface area contributed by atoms with Gasteiger partial charge < -0.3 is 10.4 Å². The van der Waals surface area contributed by atoms with E-state index in [2.05, 4.69) is 10.3 Å². The van der Waals surface area contributed by atoms with Crippen molar-refractivity contribution < 1.29 is 9.90 Å². The summed E-state index contributed by atoms with van der Waals surface area (Å²) in [5.74, 6) is -1.29. The first kappa shape index (κ1) is 13.6. The molecule has 0 saturated heterocycles. The van der Waals surface area contributed by atoms with Crippen molar-refractivity contribution in [2.45, 2.75) is 19.9 Å². The minimum Gasteiger partial charge on any atom is -0.481 e. The zero-order valence-corrected chi connectivity index (χ0v) is 11.5. The zero-order chi connectivity index (χ0) is 14.0. The highest BCUT2D eigenvalue weighted by Gasteiger charge is 2.19. The van der Waals surface area contributed by atoms with E-state index in [1.54, 1.807) is 25.3 Å². The Hall–Kier alpha value is -1.81. The van der Waals surface area contributed by atoms with Gasteiger partial charge in [-0.15, -0.1) is 0 Å². The summed E-state index contributed by atoms with van der Waals surface area (Å²) in [6, 6.07) is 7.11. The van der Waals surface area contributed by atoms with E-state index < -0.39 is 11.9 Å². The van der Waals surface area contributed by atoms with E-state index in [-0.39, 0.29) is 6.04 Å². The van der Waals surface area contributed by atoms with Crippen LogP contribution in [0.3, 0.4) is 0 Å². The molecule has 1 heterocycles. The maximum absolute atomic E-state index is 11.0. The predicted octanol–water partition coefficient (Wildman–Crippen LogP) is 3.41. The molecular formula is C14H15ClN2O2. The molecule has 4 nitrogen and oxygen atoms in total. The van der Waals surface area contributed by atoms with Gasteiger partial charge in [-0.05, 0) is 38.1 Å².